The Labute approximate surface area is 146 Å². The molecule has 1 aliphatic rings. The molecule has 24 heavy (non-hydrogen) atoms. The lowest BCUT2D eigenvalue weighted by Gasteiger charge is -2.24. The van der Waals surface area contributed by atoms with E-state index in [1.165, 1.54) is 32.1 Å². The van der Waals surface area contributed by atoms with Crippen LogP contribution >= 0.6 is 12.2 Å². The van der Waals surface area contributed by atoms with Crippen molar-refractivity contribution < 1.29 is 0 Å². The Kier molecular flexibility index (Phi) is 4.26. The molecule has 2 N–H and O–H groups in total. The molecule has 1 aromatic carbocycles. The van der Waals surface area contributed by atoms with Gasteiger partial charge < -0.3 is 10.6 Å². The molecule has 122 valence electrons. The number of fused-ring (bicyclic) bond motifs is 3. The molecule has 1 saturated carbocycles. The van der Waals surface area contributed by atoms with E-state index >= 15 is 0 Å². The van der Waals surface area contributed by atoms with Gasteiger partial charge in [-0.05, 0) is 49.3 Å². The second-order valence-corrected chi connectivity index (χ2v) is 6.74. The lowest BCUT2D eigenvalue weighted by Crippen LogP contribution is -2.38. The molecule has 0 unspecified atom stereocenters. The third kappa shape index (κ3) is 3.04. The SMILES string of the molecule is S=C(Nc1cc2cccnc2c2ncccc12)NC1CCCCC1. The summed E-state index contributed by atoms with van der Waals surface area (Å²) >= 11 is 5.54. The van der Waals surface area contributed by atoms with Gasteiger partial charge in [-0.2, -0.15) is 0 Å². The van der Waals surface area contributed by atoms with E-state index in [1.54, 1.807) is 12.4 Å². The minimum absolute atomic E-state index is 0.491. The first-order valence-corrected chi connectivity index (χ1v) is 8.92. The summed E-state index contributed by atoms with van der Waals surface area (Å²) in [4.78, 5) is 9.01. The molecule has 1 aliphatic carbocycles. The molecule has 0 aliphatic heterocycles. The number of pyridine rings is 2. The summed E-state index contributed by atoms with van der Waals surface area (Å²) < 4.78 is 0. The molecule has 4 nitrogen and oxygen atoms in total. The second kappa shape index (κ2) is 6.69. The second-order valence-electron chi connectivity index (χ2n) is 6.33. The summed E-state index contributed by atoms with van der Waals surface area (Å²) in [6.45, 7) is 0. The van der Waals surface area contributed by atoms with E-state index in [4.69, 9.17) is 12.2 Å². The van der Waals surface area contributed by atoms with Crippen LogP contribution in [0, 0.1) is 0 Å². The number of hydrogen-bond donors (Lipinski definition) is 2. The largest absolute Gasteiger partial charge is 0.360 e. The highest BCUT2D eigenvalue weighted by molar-refractivity contribution is 7.80. The summed E-state index contributed by atoms with van der Waals surface area (Å²) in [5.74, 6) is 0. The maximum Gasteiger partial charge on any atom is 0.171 e. The first kappa shape index (κ1) is 15.3. The van der Waals surface area contributed by atoms with E-state index < -0.39 is 0 Å². The fraction of sp³-hybridized carbons (Fsp3) is 0.316. The first-order chi connectivity index (χ1) is 11.8. The molecule has 0 amide bonds. The topological polar surface area (TPSA) is 49.8 Å². The Balaban J connectivity index is 1.66. The van der Waals surface area contributed by atoms with Crippen LogP contribution in [0.5, 0.6) is 0 Å². The van der Waals surface area contributed by atoms with Crippen LogP contribution < -0.4 is 10.6 Å². The van der Waals surface area contributed by atoms with Gasteiger partial charge in [0.15, 0.2) is 5.11 Å². The van der Waals surface area contributed by atoms with Crippen molar-refractivity contribution in [3.8, 4) is 0 Å². The minimum Gasteiger partial charge on any atom is -0.360 e. The number of nitrogens with zero attached hydrogens (tertiary/aromatic N) is 2. The zero-order chi connectivity index (χ0) is 16.4. The Bertz CT molecular complexity index is 887. The van der Waals surface area contributed by atoms with Crippen molar-refractivity contribution in [2.24, 2.45) is 0 Å². The van der Waals surface area contributed by atoms with E-state index in [0.717, 1.165) is 27.5 Å². The van der Waals surface area contributed by atoms with E-state index in [1.807, 2.05) is 12.1 Å². The normalized spacial score (nSPS) is 15.5. The van der Waals surface area contributed by atoms with Gasteiger partial charge in [0, 0.05) is 29.2 Å². The summed E-state index contributed by atoms with van der Waals surface area (Å²) in [6.07, 6.45) is 9.92. The van der Waals surface area contributed by atoms with Gasteiger partial charge in [0.1, 0.15) is 0 Å². The Morgan fingerprint density at radius 3 is 2.58 bits per heavy atom. The Morgan fingerprint density at radius 2 is 1.75 bits per heavy atom. The molecule has 5 heteroatoms. The highest BCUT2D eigenvalue weighted by Crippen LogP contribution is 2.29. The summed E-state index contributed by atoms with van der Waals surface area (Å²) in [6, 6.07) is 10.6. The predicted molar refractivity (Wildman–Crippen MR) is 103 cm³/mol. The van der Waals surface area contributed by atoms with Crippen LogP contribution in [0.3, 0.4) is 0 Å². The fourth-order valence-corrected chi connectivity index (χ4v) is 3.75. The number of benzene rings is 1. The molecular formula is C19H20N4S. The van der Waals surface area contributed by atoms with Gasteiger partial charge in [0.05, 0.1) is 16.7 Å². The molecule has 0 spiro atoms. The van der Waals surface area contributed by atoms with Crippen LogP contribution in [0.15, 0.2) is 42.7 Å². The van der Waals surface area contributed by atoms with Crippen molar-refractivity contribution >= 4 is 44.8 Å². The van der Waals surface area contributed by atoms with Gasteiger partial charge in [0.25, 0.3) is 0 Å². The molecular weight excluding hydrogens is 316 g/mol. The lowest BCUT2D eigenvalue weighted by molar-refractivity contribution is 0.415. The number of nitrogens with one attached hydrogen (secondary N) is 2. The third-order valence-electron chi connectivity index (χ3n) is 4.65. The molecule has 0 saturated heterocycles. The van der Waals surface area contributed by atoms with Gasteiger partial charge >= 0.3 is 0 Å². The zero-order valence-corrected chi connectivity index (χ0v) is 14.3. The van der Waals surface area contributed by atoms with Crippen molar-refractivity contribution in [2.75, 3.05) is 5.32 Å². The van der Waals surface area contributed by atoms with E-state index in [2.05, 4.69) is 38.8 Å². The van der Waals surface area contributed by atoms with Crippen LogP contribution in [0.2, 0.25) is 0 Å². The van der Waals surface area contributed by atoms with Gasteiger partial charge in [0.2, 0.25) is 0 Å². The Hall–Kier alpha value is -2.27. The molecule has 2 aromatic heterocycles. The van der Waals surface area contributed by atoms with Gasteiger partial charge in [-0.15, -0.1) is 0 Å². The van der Waals surface area contributed by atoms with Crippen LogP contribution in [0.4, 0.5) is 5.69 Å². The molecule has 0 bridgehead atoms. The standard InChI is InChI=1S/C19H20N4S/c24-19(22-14-7-2-1-3-8-14)23-16-12-13-6-4-10-20-17(13)18-15(16)9-5-11-21-18/h4-6,9-12,14H,1-3,7-8H2,(H2,22,23,24). The molecule has 0 atom stereocenters. The lowest BCUT2D eigenvalue weighted by atomic mass is 9.96. The van der Waals surface area contributed by atoms with E-state index in [-0.39, 0.29) is 0 Å². The predicted octanol–water partition coefficient (Wildman–Crippen LogP) is 4.40. The maximum atomic E-state index is 5.54. The number of rotatable bonds is 2. The maximum absolute atomic E-state index is 5.54. The smallest absolute Gasteiger partial charge is 0.171 e. The average molecular weight is 336 g/mol. The van der Waals surface area contributed by atoms with Crippen LogP contribution in [-0.2, 0) is 0 Å². The molecule has 0 radical (unpaired) electrons. The van der Waals surface area contributed by atoms with Crippen molar-refractivity contribution in [1.82, 2.24) is 15.3 Å². The highest BCUT2D eigenvalue weighted by atomic mass is 32.1. The third-order valence-corrected chi connectivity index (χ3v) is 4.87. The van der Waals surface area contributed by atoms with Crippen molar-refractivity contribution in [3.05, 3.63) is 42.7 Å². The first-order valence-electron chi connectivity index (χ1n) is 8.51. The number of thiocarbonyl (C=S) groups is 1. The molecule has 3 aromatic rings. The number of anilines is 1. The van der Waals surface area contributed by atoms with Crippen LogP contribution in [-0.4, -0.2) is 21.1 Å². The quantitative estimate of drug-likeness (QED) is 0.536. The molecule has 2 heterocycles. The monoisotopic (exact) mass is 336 g/mol. The van der Waals surface area contributed by atoms with Crippen molar-refractivity contribution in [2.45, 2.75) is 38.1 Å². The summed E-state index contributed by atoms with van der Waals surface area (Å²) in [5, 5.41) is 9.63. The number of hydrogen-bond acceptors (Lipinski definition) is 3. The van der Waals surface area contributed by atoms with Gasteiger partial charge in [-0.1, -0.05) is 25.3 Å². The summed E-state index contributed by atoms with van der Waals surface area (Å²) in [7, 11) is 0. The van der Waals surface area contributed by atoms with Crippen LogP contribution in [0.25, 0.3) is 21.8 Å². The molecule has 1 fully saturated rings. The van der Waals surface area contributed by atoms with Crippen LogP contribution in [0.1, 0.15) is 32.1 Å². The van der Waals surface area contributed by atoms with E-state index in [0.29, 0.717) is 11.2 Å². The van der Waals surface area contributed by atoms with Gasteiger partial charge in [-0.25, -0.2) is 0 Å². The van der Waals surface area contributed by atoms with Gasteiger partial charge in [-0.3, -0.25) is 9.97 Å². The number of aromatic nitrogens is 2. The molecule has 4 rings (SSSR count). The minimum atomic E-state index is 0.491. The summed E-state index contributed by atoms with van der Waals surface area (Å²) in [5.41, 5.74) is 2.80. The van der Waals surface area contributed by atoms with E-state index in [9.17, 15) is 0 Å². The van der Waals surface area contributed by atoms with Crippen molar-refractivity contribution in [3.63, 3.8) is 0 Å². The van der Waals surface area contributed by atoms with Crippen molar-refractivity contribution in [1.29, 1.82) is 0 Å². The zero-order valence-electron chi connectivity index (χ0n) is 13.5. The fourth-order valence-electron chi connectivity index (χ4n) is 3.47. The highest BCUT2D eigenvalue weighted by Gasteiger charge is 2.15. The Morgan fingerprint density at radius 1 is 1.00 bits per heavy atom. The average Bonchev–Trinajstić information content (AvgIpc) is 2.63.